The van der Waals surface area contributed by atoms with Crippen LogP contribution in [0.25, 0.3) is 10.9 Å². The van der Waals surface area contributed by atoms with E-state index in [0.29, 0.717) is 11.9 Å². The monoisotopic (exact) mass is 403 g/mol. The summed E-state index contributed by atoms with van der Waals surface area (Å²) in [6, 6.07) is 19.4. The average molecular weight is 404 g/mol. The Morgan fingerprint density at radius 3 is 2.59 bits per heavy atom. The first-order chi connectivity index (χ1) is 14.2. The van der Waals surface area contributed by atoms with Crippen molar-refractivity contribution in [1.29, 1.82) is 0 Å². The van der Waals surface area contributed by atoms with Crippen LogP contribution in [0.1, 0.15) is 11.1 Å². The second-order valence-corrected chi connectivity index (χ2v) is 7.67. The molecule has 4 rings (SSSR count). The van der Waals surface area contributed by atoms with Crippen LogP contribution in [0.15, 0.2) is 83.0 Å². The summed E-state index contributed by atoms with van der Waals surface area (Å²) in [5, 5.41) is 1.36. The number of ether oxygens (including phenoxy) is 1. The van der Waals surface area contributed by atoms with Crippen LogP contribution in [0.5, 0.6) is 5.75 Å². The van der Waals surface area contributed by atoms with Crippen LogP contribution in [0.2, 0.25) is 0 Å². The molecule has 0 bridgehead atoms. The number of thioether (sulfide) groups is 1. The highest BCUT2D eigenvalue weighted by atomic mass is 32.2. The standard InChI is InChI=1S/C23H21N3O2S/c1-28-19-10-8-17(9-11-19)12-14-29-23-25-21-7-3-2-6-20(21)22(27)26(23)16-18-5-4-13-24-15-18/h2-11,13,15H,12,14,16H2,1H3. The smallest absolute Gasteiger partial charge is 0.262 e. The molecule has 0 aliphatic carbocycles. The van der Waals surface area contributed by atoms with Gasteiger partial charge in [0.05, 0.1) is 24.6 Å². The quantitative estimate of drug-likeness (QED) is 0.342. The van der Waals surface area contributed by atoms with Crippen LogP contribution < -0.4 is 10.3 Å². The van der Waals surface area contributed by atoms with Crippen LogP contribution in [0, 0.1) is 0 Å². The number of rotatable bonds is 7. The first-order valence-electron chi connectivity index (χ1n) is 9.39. The van der Waals surface area contributed by atoms with E-state index in [1.807, 2.05) is 48.5 Å². The number of methoxy groups -OCH3 is 1. The summed E-state index contributed by atoms with van der Waals surface area (Å²) < 4.78 is 6.96. The Labute approximate surface area is 173 Å². The summed E-state index contributed by atoms with van der Waals surface area (Å²) in [6.45, 7) is 0.454. The van der Waals surface area contributed by atoms with Crippen LogP contribution in [0.3, 0.4) is 0 Å². The van der Waals surface area contributed by atoms with Gasteiger partial charge >= 0.3 is 0 Å². The van der Waals surface area contributed by atoms with Crippen molar-refractivity contribution in [2.75, 3.05) is 12.9 Å². The maximum atomic E-state index is 13.1. The summed E-state index contributed by atoms with van der Waals surface area (Å²) in [7, 11) is 1.66. The van der Waals surface area contributed by atoms with Gasteiger partial charge in [0.25, 0.3) is 5.56 Å². The van der Waals surface area contributed by atoms with Gasteiger partial charge < -0.3 is 4.74 Å². The average Bonchev–Trinajstić information content (AvgIpc) is 2.77. The number of aryl methyl sites for hydroxylation is 1. The molecular weight excluding hydrogens is 382 g/mol. The maximum Gasteiger partial charge on any atom is 0.262 e. The molecule has 0 aliphatic heterocycles. The molecule has 0 atom stereocenters. The zero-order valence-electron chi connectivity index (χ0n) is 16.1. The van der Waals surface area contributed by atoms with Crippen LogP contribution >= 0.6 is 11.8 Å². The lowest BCUT2D eigenvalue weighted by Crippen LogP contribution is -2.24. The molecular formula is C23H21N3O2S. The van der Waals surface area contributed by atoms with E-state index in [4.69, 9.17) is 9.72 Å². The molecule has 0 spiro atoms. The summed E-state index contributed by atoms with van der Waals surface area (Å²) in [6.07, 6.45) is 4.40. The van der Waals surface area contributed by atoms with Gasteiger partial charge in [0.1, 0.15) is 5.75 Å². The Bertz CT molecular complexity index is 1160. The van der Waals surface area contributed by atoms with Gasteiger partial charge in [-0.25, -0.2) is 4.98 Å². The van der Waals surface area contributed by atoms with Crippen molar-refractivity contribution in [2.45, 2.75) is 18.1 Å². The largest absolute Gasteiger partial charge is 0.497 e. The van der Waals surface area contributed by atoms with E-state index in [1.54, 1.807) is 35.8 Å². The molecule has 0 amide bonds. The Balaban J connectivity index is 1.60. The number of hydrogen-bond acceptors (Lipinski definition) is 5. The predicted octanol–water partition coefficient (Wildman–Crippen LogP) is 4.18. The summed E-state index contributed by atoms with van der Waals surface area (Å²) in [5.74, 6) is 1.67. The van der Waals surface area contributed by atoms with Gasteiger partial charge in [-0.3, -0.25) is 14.3 Å². The molecule has 2 aromatic carbocycles. The lowest BCUT2D eigenvalue weighted by molar-refractivity contribution is 0.414. The number of hydrogen-bond donors (Lipinski definition) is 0. The fraction of sp³-hybridized carbons (Fsp3) is 0.174. The topological polar surface area (TPSA) is 57.0 Å². The Morgan fingerprint density at radius 2 is 1.83 bits per heavy atom. The number of fused-ring (bicyclic) bond motifs is 1. The molecule has 0 unspecified atom stereocenters. The van der Waals surface area contributed by atoms with E-state index in [9.17, 15) is 4.79 Å². The zero-order chi connectivity index (χ0) is 20.1. The van der Waals surface area contributed by atoms with Crippen molar-refractivity contribution < 1.29 is 4.74 Å². The molecule has 0 saturated carbocycles. The van der Waals surface area contributed by atoms with Gasteiger partial charge in [0.15, 0.2) is 5.16 Å². The van der Waals surface area contributed by atoms with E-state index in [2.05, 4.69) is 17.1 Å². The highest BCUT2D eigenvalue weighted by Crippen LogP contribution is 2.21. The van der Waals surface area contributed by atoms with Crippen molar-refractivity contribution in [3.63, 3.8) is 0 Å². The molecule has 146 valence electrons. The number of aromatic nitrogens is 3. The lowest BCUT2D eigenvalue weighted by atomic mass is 10.2. The second-order valence-electron chi connectivity index (χ2n) is 6.61. The second kappa shape index (κ2) is 8.92. The van der Waals surface area contributed by atoms with Gasteiger partial charge in [0, 0.05) is 18.1 Å². The number of nitrogens with zero attached hydrogens (tertiary/aromatic N) is 3. The zero-order valence-corrected chi connectivity index (χ0v) is 16.9. The van der Waals surface area contributed by atoms with Crippen molar-refractivity contribution in [1.82, 2.24) is 14.5 Å². The Morgan fingerprint density at radius 1 is 1.00 bits per heavy atom. The highest BCUT2D eigenvalue weighted by molar-refractivity contribution is 7.99. The fourth-order valence-corrected chi connectivity index (χ4v) is 4.11. The minimum Gasteiger partial charge on any atom is -0.497 e. The van der Waals surface area contributed by atoms with Crippen LogP contribution in [-0.2, 0) is 13.0 Å². The highest BCUT2D eigenvalue weighted by Gasteiger charge is 2.12. The van der Waals surface area contributed by atoms with Crippen molar-refractivity contribution in [3.8, 4) is 5.75 Å². The normalized spacial score (nSPS) is 10.9. The molecule has 0 aliphatic rings. The third-order valence-corrected chi connectivity index (χ3v) is 5.65. The van der Waals surface area contributed by atoms with Crippen LogP contribution in [0.4, 0.5) is 0 Å². The van der Waals surface area contributed by atoms with Gasteiger partial charge in [-0.15, -0.1) is 0 Å². The maximum absolute atomic E-state index is 13.1. The summed E-state index contributed by atoms with van der Waals surface area (Å²) in [4.78, 5) is 22.1. The molecule has 0 fully saturated rings. The van der Waals surface area contributed by atoms with Gasteiger partial charge in [-0.05, 0) is 47.9 Å². The van der Waals surface area contributed by atoms with Gasteiger partial charge in [-0.1, -0.05) is 42.1 Å². The van der Waals surface area contributed by atoms with E-state index in [-0.39, 0.29) is 5.56 Å². The first kappa shape index (κ1) is 19.2. The molecule has 6 heteroatoms. The Kier molecular flexibility index (Phi) is 5.91. The van der Waals surface area contributed by atoms with Crippen molar-refractivity contribution in [3.05, 3.63) is 94.5 Å². The van der Waals surface area contributed by atoms with Crippen molar-refractivity contribution in [2.24, 2.45) is 0 Å². The van der Waals surface area contributed by atoms with E-state index >= 15 is 0 Å². The minimum absolute atomic E-state index is 0.0219. The molecule has 0 radical (unpaired) electrons. The molecule has 2 heterocycles. The molecule has 2 aromatic heterocycles. The fourth-order valence-electron chi connectivity index (χ4n) is 3.12. The number of pyridine rings is 1. The Hall–Kier alpha value is -3.12. The molecule has 0 saturated heterocycles. The molecule has 29 heavy (non-hydrogen) atoms. The molecule has 0 N–H and O–H groups in total. The number of benzene rings is 2. The molecule has 4 aromatic rings. The predicted molar refractivity (Wildman–Crippen MR) is 117 cm³/mol. The number of para-hydroxylation sites is 1. The molecule has 5 nitrogen and oxygen atoms in total. The van der Waals surface area contributed by atoms with E-state index in [1.165, 1.54) is 5.56 Å². The third kappa shape index (κ3) is 4.49. The van der Waals surface area contributed by atoms with Gasteiger partial charge in [-0.2, -0.15) is 0 Å². The SMILES string of the molecule is COc1ccc(CCSc2nc3ccccc3c(=O)n2Cc2cccnc2)cc1. The summed E-state index contributed by atoms with van der Waals surface area (Å²) >= 11 is 1.60. The van der Waals surface area contributed by atoms with Gasteiger partial charge in [0.2, 0.25) is 0 Å². The van der Waals surface area contributed by atoms with Crippen LogP contribution in [-0.4, -0.2) is 27.4 Å². The van der Waals surface area contributed by atoms with Crippen molar-refractivity contribution >= 4 is 22.7 Å². The minimum atomic E-state index is -0.0219. The third-order valence-electron chi connectivity index (χ3n) is 4.67. The van der Waals surface area contributed by atoms with E-state index < -0.39 is 0 Å². The van der Waals surface area contributed by atoms with E-state index in [0.717, 1.165) is 34.2 Å². The lowest BCUT2D eigenvalue weighted by Gasteiger charge is -2.13. The first-order valence-corrected chi connectivity index (χ1v) is 10.4. The summed E-state index contributed by atoms with van der Waals surface area (Å²) in [5.41, 5.74) is 2.90.